The van der Waals surface area contributed by atoms with Crippen molar-refractivity contribution >= 4 is 11.6 Å². The van der Waals surface area contributed by atoms with Crippen molar-refractivity contribution in [3.8, 4) is 0 Å². The number of carbonyl (C=O) groups is 1. The number of rotatable bonds is 5. The summed E-state index contributed by atoms with van der Waals surface area (Å²) in [7, 11) is 1.90. The molecule has 1 saturated heterocycles. The molecule has 1 amide bonds. The molecule has 0 bridgehead atoms. The first-order valence-corrected chi connectivity index (χ1v) is 7.24. The van der Waals surface area contributed by atoms with E-state index in [4.69, 9.17) is 0 Å². The molecule has 1 aliphatic rings. The predicted octanol–water partition coefficient (Wildman–Crippen LogP) is 1.66. The molecule has 0 saturated carbocycles. The molecule has 1 N–H and O–H groups in total. The molecule has 7 nitrogen and oxygen atoms in total. The van der Waals surface area contributed by atoms with Crippen LogP contribution in [0.5, 0.6) is 0 Å². The average Bonchev–Trinajstić information content (AvgIpc) is 3.04. The maximum atomic E-state index is 12.6. The first kappa shape index (κ1) is 15.5. The second-order valence-electron chi connectivity index (χ2n) is 5.81. The molecule has 1 fully saturated rings. The van der Waals surface area contributed by atoms with Crippen LogP contribution in [0.1, 0.15) is 36.8 Å². The molecule has 116 valence electrons. The monoisotopic (exact) mass is 294 g/mol. The van der Waals surface area contributed by atoms with Gasteiger partial charge >= 0.3 is 0 Å². The SMILES string of the molecule is CNCC1CCN(C(=O)c2cc([N+](=O)[O-])cn2C(C)C)C1. The normalized spacial score (nSPS) is 18.5. The van der Waals surface area contributed by atoms with Crippen LogP contribution < -0.4 is 5.32 Å². The Hall–Kier alpha value is -1.89. The topological polar surface area (TPSA) is 80.4 Å². The summed E-state index contributed by atoms with van der Waals surface area (Å²) in [5.41, 5.74) is 0.375. The van der Waals surface area contributed by atoms with Gasteiger partial charge in [-0.25, -0.2) is 0 Å². The average molecular weight is 294 g/mol. The predicted molar refractivity (Wildman–Crippen MR) is 79.4 cm³/mol. The quantitative estimate of drug-likeness (QED) is 0.661. The van der Waals surface area contributed by atoms with E-state index in [9.17, 15) is 14.9 Å². The third kappa shape index (κ3) is 3.24. The fraction of sp³-hybridized carbons (Fsp3) is 0.643. The van der Waals surface area contributed by atoms with Gasteiger partial charge < -0.3 is 14.8 Å². The molecule has 0 aliphatic carbocycles. The van der Waals surface area contributed by atoms with Gasteiger partial charge in [-0.3, -0.25) is 14.9 Å². The number of aromatic nitrogens is 1. The van der Waals surface area contributed by atoms with E-state index in [-0.39, 0.29) is 17.6 Å². The lowest BCUT2D eigenvalue weighted by Crippen LogP contribution is -2.32. The highest BCUT2D eigenvalue weighted by Crippen LogP contribution is 2.24. The number of hydrogen-bond donors (Lipinski definition) is 1. The van der Waals surface area contributed by atoms with Crippen molar-refractivity contribution in [2.24, 2.45) is 5.92 Å². The molecular weight excluding hydrogens is 272 g/mol. The smallest absolute Gasteiger partial charge is 0.287 e. The van der Waals surface area contributed by atoms with Crippen molar-refractivity contribution < 1.29 is 9.72 Å². The summed E-state index contributed by atoms with van der Waals surface area (Å²) in [6.07, 6.45) is 2.41. The molecule has 0 aromatic carbocycles. The van der Waals surface area contributed by atoms with Crippen molar-refractivity contribution in [2.45, 2.75) is 26.3 Å². The van der Waals surface area contributed by atoms with Gasteiger partial charge in [-0.05, 0) is 39.8 Å². The zero-order chi connectivity index (χ0) is 15.6. The number of carbonyl (C=O) groups excluding carboxylic acids is 1. The Morgan fingerprint density at radius 2 is 2.29 bits per heavy atom. The van der Waals surface area contributed by atoms with E-state index in [1.165, 1.54) is 12.3 Å². The molecule has 21 heavy (non-hydrogen) atoms. The summed E-state index contributed by atoms with van der Waals surface area (Å²) in [5, 5.41) is 14.1. The Kier molecular flexibility index (Phi) is 4.62. The lowest BCUT2D eigenvalue weighted by molar-refractivity contribution is -0.384. The summed E-state index contributed by atoms with van der Waals surface area (Å²) < 4.78 is 1.69. The fourth-order valence-electron chi connectivity index (χ4n) is 2.80. The van der Waals surface area contributed by atoms with Crippen LogP contribution >= 0.6 is 0 Å². The van der Waals surface area contributed by atoms with E-state index in [1.54, 1.807) is 9.47 Å². The molecule has 1 aliphatic heterocycles. The number of likely N-dealkylation sites (tertiary alicyclic amines) is 1. The Morgan fingerprint density at radius 1 is 1.57 bits per heavy atom. The summed E-state index contributed by atoms with van der Waals surface area (Å²) in [6.45, 7) is 6.12. The van der Waals surface area contributed by atoms with Gasteiger partial charge in [-0.15, -0.1) is 0 Å². The molecule has 2 rings (SSSR count). The molecule has 2 heterocycles. The number of nitro groups is 1. The highest BCUT2D eigenvalue weighted by atomic mass is 16.6. The van der Waals surface area contributed by atoms with Gasteiger partial charge in [-0.2, -0.15) is 0 Å². The highest BCUT2D eigenvalue weighted by Gasteiger charge is 2.30. The summed E-state index contributed by atoms with van der Waals surface area (Å²) in [6, 6.07) is 1.39. The van der Waals surface area contributed by atoms with Gasteiger partial charge in [0.2, 0.25) is 0 Å². The second kappa shape index (κ2) is 6.26. The Morgan fingerprint density at radius 3 is 2.86 bits per heavy atom. The van der Waals surface area contributed by atoms with E-state index in [0.717, 1.165) is 13.0 Å². The molecule has 7 heteroatoms. The lowest BCUT2D eigenvalue weighted by atomic mass is 10.1. The molecule has 1 aromatic heterocycles. The third-order valence-corrected chi connectivity index (χ3v) is 3.89. The zero-order valence-electron chi connectivity index (χ0n) is 12.7. The zero-order valence-corrected chi connectivity index (χ0v) is 12.7. The van der Waals surface area contributed by atoms with Crippen LogP contribution in [-0.4, -0.2) is 47.0 Å². The summed E-state index contributed by atoms with van der Waals surface area (Å²) >= 11 is 0. The largest absolute Gasteiger partial charge is 0.337 e. The van der Waals surface area contributed by atoms with Crippen molar-refractivity contribution in [1.82, 2.24) is 14.8 Å². The molecule has 0 spiro atoms. The van der Waals surface area contributed by atoms with Crippen molar-refractivity contribution in [2.75, 3.05) is 26.7 Å². The van der Waals surface area contributed by atoms with Crippen LogP contribution in [0.4, 0.5) is 5.69 Å². The van der Waals surface area contributed by atoms with Gasteiger partial charge in [0.1, 0.15) is 5.69 Å². The molecule has 1 atom stereocenters. The van der Waals surface area contributed by atoms with E-state index < -0.39 is 4.92 Å². The molecule has 0 radical (unpaired) electrons. The van der Waals surface area contributed by atoms with Crippen molar-refractivity contribution in [3.05, 3.63) is 28.1 Å². The lowest BCUT2D eigenvalue weighted by Gasteiger charge is -2.19. The maximum absolute atomic E-state index is 12.6. The minimum absolute atomic E-state index is 0.00774. The number of amides is 1. The van der Waals surface area contributed by atoms with Gasteiger partial charge in [-0.1, -0.05) is 0 Å². The second-order valence-corrected chi connectivity index (χ2v) is 5.81. The van der Waals surface area contributed by atoms with Crippen LogP contribution in [-0.2, 0) is 0 Å². The first-order chi connectivity index (χ1) is 9.93. The third-order valence-electron chi connectivity index (χ3n) is 3.89. The highest BCUT2D eigenvalue weighted by molar-refractivity contribution is 5.93. The Bertz CT molecular complexity index is 538. The van der Waals surface area contributed by atoms with Crippen LogP contribution in [0.15, 0.2) is 12.3 Å². The van der Waals surface area contributed by atoms with Crippen molar-refractivity contribution in [1.29, 1.82) is 0 Å². The van der Waals surface area contributed by atoms with Crippen LogP contribution in [0.25, 0.3) is 0 Å². The van der Waals surface area contributed by atoms with Gasteiger partial charge in [0.25, 0.3) is 11.6 Å². The standard InChI is InChI=1S/C14H22N4O3/c1-10(2)17-9-12(18(20)21)6-13(17)14(19)16-5-4-11(8-16)7-15-3/h6,9-11,15H,4-5,7-8H2,1-3H3. The van der Waals surface area contributed by atoms with Crippen LogP contribution in [0.3, 0.4) is 0 Å². The van der Waals surface area contributed by atoms with E-state index in [0.29, 0.717) is 24.7 Å². The van der Waals surface area contributed by atoms with Crippen LogP contribution in [0, 0.1) is 16.0 Å². The number of nitrogens with one attached hydrogen (secondary N) is 1. The van der Waals surface area contributed by atoms with E-state index in [2.05, 4.69) is 5.32 Å². The Balaban J connectivity index is 2.21. The summed E-state index contributed by atoms with van der Waals surface area (Å²) in [4.78, 5) is 24.9. The fourth-order valence-corrected chi connectivity index (χ4v) is 2.80. The van der Waals surface area contributed by atoms with Gasteiger partial charge in [0.05, 0.1) is 11.1 Å². The minimum atomic E-state index is -0.455. The molecule has 1 aromatic rings. The number of hydrogen-bond acceptors (Lipinski definition) is 4. The van der Waals surface area contributed by atoms with Gasteiger partial charge in [0, 0.05) is 25.2 Å². The minimum Gasteiger partial charge on any atom is -0.337 e. The van der Waals surface area contributed by atoms with Gasteiger partial charge in [0.15, 0.2) is 0 Å². The molecule has 1 unspecified atom stereocenters. The first-order valence-electron chi connectivity index (χ1n) is 7.24. The van der Waals surface area contributed by atoms with Crippen LogP contribution in [0.2, 0.25) is 0 Å². The van der Waals surface area contributed by atoms with E-state index >= 15 is 0 Å². The maximum Gasteiger partial charge on any atom is 0.287 e. The summed E-state index contributed by atoms with van der Waals surface area (Å²) in [5.74, 6) is 0.340. The Labute approximate surface area is 124 Å². The number of nitrogens with zero attached hydrogens (tertiary/aromatic N) is 3. The van der Waals surface area contributed by atoms with E-state index in [1.807, 2.05) is 20.9 Å². The molecular formula is C14H22N4O3. The van der Waals surface area contributed by atoms with Crippen molar-refractivity contribution in [3.63, 3.8) is 0 Å².